The van der Waals surface area contributed by atoms with Crippen LogP contribution in [0.25, 0.3) is 0 Å². The van der Waals surface area contributed by atoms with Gasteiger partial charge in [0, 0.05) is 6.26 Å². The summed E-state index contributed by atoms with van der Waals surface area (Å²) >= 11 is 0. The van der Waals surface area contributed by atoms with Crippen molar-refractivity contribution in [2.45, 2.75) is 26.7 Å². The van der Waals surface area contributed by atoms with Crippen LogP contribution in [0.2, 0.25) is 0 Å². The van der Waals surface area contributed by atoms with Gasteiger partial charge in [-0.15, -0.1) is 0 Å². The fourth-order valence-corrected chi connectivity index (χ4v) is 1.56. The second kappa shape index (κ2) is 6.56. The standard InChI is InChI=1S/C11H18O3S/c1-10(7-8-15(3,13)14)5-4-6-11(2)9-12/h6-7,9H,4-5,8H2,1-3H3/b10-7+,11-6+. The van der Waals surface area contributed by atoms with Crippen LogP contribution in [0.3, 0.4) is 0 Å². The fourth-order valence-electron chi connectivity index (χ4n) is 0.971. The lowest BCUT2D eigenvalue weighted by Gasteiger charge is -1.98. The molecule has 4 heteroatoms. The first kappa shape index (κ1) is 14.1. The van der Waals surface area contributed by atoms with E-state index < -0.39 is 9.84 Å². The van der Waals surface area contributed by atoms with E-state index in [1.807, 2.05) is 13.0 Å². The van der Waals surface area contributed by atoms with Crippen LogP contribution >= 0.6 is 0 Å². The first-order valence-corrected chi connectivity index (χ1v) is 6.86. The van der Waals surface area contributed by atoms with Crippen LogP contribution in [-0.4, -0.2) is 26.7 Å². The third-order valence-electron chi connectivity index (χ3n) is 1.93. The third-order valence-corrected chi connectivity index (χ3v) is 2.70. The first-order chi connectivity index (χ1) is 6.85. The molecule has 0 aromatic rings. The predicted molar refractivity (Wildman–Crippen MR) is 62.5 cm³/mol. The summed E-state index contributed by atoms with van der Waals surface area (Å²) in [5.41, 5.74) is 1.75. The van der Waals surface area contributed by atoms with Gasteiger partial charge in [0.05, 0.1) is 5.75 Å². The molecule has 86 valence electrons. The van der Waals surface area contributed by atoms with Gasteiger partial charge in [0.2, 0.25) is 0 Å². The zero-order valence-corrected chi connectivity index (χ0v) is 10.3. The molecule has 3 nitrogen and oxygen atoms in total. The highest BCUT2D eigenvalue weighted by atomic mass is 32.2. The Morgan fingerprint density at radius 2 is 1.80 bits per heavy atom. The molecule has 0 unspecified atom stereocenters. The molecule has 0 aromatic carbocycles. The van der Waals surface area contributed by atoms with E-state index >= 15 is 0 Å². The second-order valence-corrected chi connectivity index (χ2v) is 5.93. The highest BCUT2D eigenvalue weighted by molar-refractivity contribution is 7.90. The van der Waals surface area contributed by atoms with Crippen LogP contribution in [0.5, 0.6) is 0 Å². The topological polar surface area (TPSA) is 51.2 Å². The summed E-state index contributed by atoms with van der Waals surface area (Å²) in [7, 11) is -2.91. The number of allylic oxidation sites excluding steroid dienone is 3. The van der Waals surface area contributed by atoms with Crippen LogP contribution in [0.1, 0.15) is 26.7 Å². The monoisotopic (exact) mass is 230 g/mol. The first-order valence-electron chi connectivity index (χ1n) is 4.80. The van der Waals surface area contributed by atoms with Crippen molar-refractivity contribution in [3.8, 4) is 0 Å². The summed E-state index contributed by atoms with van der Waals surface area (Å²) in [4.78, 5) is 10.3. The van der Waals surface area contributed by atoms with Gasteiger partial charge >= 0.3 is 0 Å². The minimum absolute atomic E-state index is 0.0925. The van der Waals surface area contributed by atoms with E-state index in [9.17, 15) is 13.2 Å². The van der Waals surface area contributed by atoms with E-state index in [0.29, 0.717) is 5.57 Å². The van der Waals surface area contributed by atoms with Crippen LogP contribution in [-0.2, 0) is 14.6 Å². The molecule has 0 aromatic heterocycles. The van der Waals surface area contributed by atoms with Crippen molar-refractivity contribution in [2.24, 2.45) is 0 Å². The highest BCUT2D eigenvalue weighted by Gasteiger charge is 1.98. The van der Waals surface area contributed by atoms with Crippen molar-refractivity contribution in [1.29, 1.82) is 0 Å². The van der Waals surface area contributed by atoms with E-state index in [0.717, 1.165) is 24.7 Å². The van der Waals surface area contributed by atoms with Gasteiger partial charge in [-0.1, -0.05) is 17.7 Å². The molecule has 0 heterocycles. The average molecular weight is 230 g/mol. The Morgan fingerprint density at radius 1 is 1.20 bits per heavy atom. The number of carbonyl (C=O) groups is 1. The number of hydrogen-bond acceptors (Lipinski definition) is 3. The maximum Gasteiger partial charge on any atom is 0.151 e. The molecule has 0 N–H and O–H groups in total. The van der Waals surface area contributed by atoms with Crippen LogP contribution < -0.4 is 0 Å². The fraction of sp³-hybridized carbons (Fsp3) is 0.545. The van der Waals surface area contributed by atoms with Crippen molar-refractivity contribution in [3.63, 3.8) is 0 Å². The molecule has 0 atom stereocenters. The van der Waals surface area contributed by atoms with Crippen molar-refractivity contribution >= 4 is 16.1 Å². The summed E-state index contributed by atoms with van der Waals surface area (Å²) < 4.78 is 21.7. The van der Waals surface area contributed by atoms with Gasteiger partial charge in [-0.25, -0.2) is 8.42 Å². The summed E-state index contributed by atoms with van der Waals surface area (Å²) in [5.74, 6) is 0.0925. The maximum atomic E-state index is 10.9. The van der Waals surface area contributed by atoms with Crippen molar-refractivity contribution in [1.82, 2.24) is 0 Å². The lowest BCUT2D eigenvalue weighted by atomic mass is 10.1. The summed E-state index contributed by atoms with van der Waals surface area (Å²) in [5, 5.41) is 0. The molecule has 0 aliphatic rings. The minimum atomic E-state index is -2.91. The molecule has 0 aliphatic carbocycles. The molecule has 0 saturated heterocycles. The van der Waals surface area contributed by atoms with Gasteiger partial charge in [-0.3, -0.25) is 4.79 Å². The molecule has 0 aliphatic heterocycles. The van der Waals surface area contributed by atoms with Gasteiger partial charge in [-0.05, 0) is 32.3 Å². The Morgan fingerprint density at radius 3 is 2.27 bits per heavy atom. The zero-order valence-electron chi connectivity index (χ0n) is 9.49. The second-order valence-electron chi connectivity index (χ2n) is 3.75. The molecule has 15 heavy (non-hydrogen) atoms. The zero-order chi connectivity index (χ0) is 11.9. The molecular formula is C11H18O3S. The molecule has 0 spiro atoms. The summed E-state index contributed by atoms with van der Waals surface area (Å²) in [6, 6.07) is 0. The van der Waals surface area contributed by atoms with E-state index in [4.69, 9.17) is 0 Å². The number of hydrogen-bond donors (Lipinski definition) is 0. The number of rotatable bonds is 6. The third kappa shape index (κ3) is 9.41. The number of sulfone groups is 1. The Kier molecular flexibility index (Phi) is 6.17. The minimum Gasteiger partial charge on any atom is -0.298 e. The van der Waals surface area contributed by atoms with Gasteiger partial charge in [0.1, 0.15) is 6.29 Å². The summed E-state index contributed by atoms with van der Waals surface area (Å²) in [6.07, 6.45) is 7.17. The van der Waals surface area contributed by atoms with E-state index in [-0.39, 0.29) is 5.75 Å². The van der Waals surface area contributed by atoms with E-state index in [1.54, 1.807) is 13.0 Å². The molecule has 0 fully saturated rings. The molecule has 0 bridgehead atoms. The molecule has 0 saturated carbocycles. The van der Waals surface area contributed by atoms with E-state index in [2.05, 4.69) is 0 Å². The molecular weight excluding hydrogens is 212 g/mol. The normalized spacial score (nSPS) is 14.1. The van der Waals surface area contributed by atoms with Crippen LogP contribution in [0.4, 0.5) is 0 Å². The van der Waals surface area contributed by atoms with Crippen LogP contribution in [0, 0.1) is 0 Å². The number of carbonyl (C=O) groups excluding carboxylic acids is 1. The van der Waals surface area contributed by atoms with Crippen molar-refractivity contribution in [3.05, 3.63) is 23.3 Å². The molecule has 0 rings (SSSR count). The molecule has 0 radical (unpaired) electrons. The summed E-state index contributed by atoms with van der Waals surface area (Å²) in [6.45, 7) is 3.65. The Hall–Kier alpha value is -0.900. The van der Waals surface area contributed by atoms with Crippen LogP contribution in [0.15, 0.2) is 23.3 Å². The average Bonchev–Trinajstić information content (AvgIpc) is 2.13. The highest BCUT2D eigenvalue weighted by Crippen LogP contribution is 2.06. The van der Waals surface area contributed by atoms with E-state index in [1.165, 1.54) is 6.26 Å². The number of aldehydes is 1. The van der Waals surface area contributed by atoms with Gasteiger partial charge < -0.3 is 0 Å². The largest absolute Gasteiger partial charge is 0.298 e. The Bertz CT molecular complexity index is 361. The predicted octanol–water partition coefficient (Wildman–Crippen LogP) is 1.90. The van der Waals surface area contributed by atoms with Gasteiger partial charge in [0.25, 0.3) is 0 Å². The van der Waals surface area contributed by atoms with Crippen molar-refractivity contribution < 1.29 is 13.2 Å². The Balaban J connectivity index is 4.04. The van der Waals surface area contributed by atoms with Gasteiger partial charge in [0.15, 0.2) is 9.84 Å². The van der Waals surface area contributed by atoms with Crippen molar-refractivity contribution in [2.75, 3.05) is 12.0 Å². The lowest BCUT2D eigenvalue weighted by Crippen LogP contribution is -2.00. The maximum absolute atomic E-state index is 10.9. The SMILES string of the molecule is C/C(C=O)=C\CC/C(C)=C/CS(C)(=O)=O. The quantitative estimate of drug-likeness (QED) is 0.398. The Labute approximate surface area is 91.8 Å². The molecule has 0 amide bonds. The lowest BCUT2D eigenvalue weighted by molar-refractivity contribution is -0.104. The van der Waals surface area contributed by atoms with Gasteiger partial charge in [-0.2, -0.15) is 0 Å². The smallest absolute Gasteiger partial charge is 0.151 e.